The van der Waals surface area contributed by atoms with E-state index in [2.05, 4.69) is 10.0 Å². The van der Waals surface area contributed by atoms with Crippen molar-refractivity contribution in [3.8, 4) is 0 Å². The Bertz CT molecular complexity index is 2420. The summed E-state index contributed by atoms with van der Waals surface area (Å²) in [7, 11) is 0. The maximum absolute atomic E-state index is 12.9. The monoisotopic (exact) mass is 905 g/mol. The summed E-state index contributed by atoms with van der Waals surface area (Å²) in [5, 5.41) is 17.2. The van der Waals surface area contributed by atoms with Crippen molar-refractivity contribution in [3.05, 3.63) is 226 Å². The molecule has 3 aliphatic rings. The zero-order valence-corrected chi connectivity index (χ0v) is 37.0. The van der Waals surface area contributed by atoms with Crippen molar-refractivity contribution in [1.29, 1.82) is 0 Å². The normalized spacial score (nSPS) is 28.2. The molecule has 3 fully saturated rings. The Kier molecular flexibility index (Phi) is 16.1. The first-order valence-electron chi connectivity index (χ1n) is 22.7. The van der Waals surface area contributed by atoms with Gasteiger partial charge < -0.3 is 47.7 Å². The minimum atomic E-state index is -1.39. The van der Waals surface area contributed by atoms with E-state index in [0.717, 1.165) is 33.4 Å². The van der Waals surface area contributed by atoms with Crippen LogP contribution in [-0.4, -0.2) is 79.0 Å². The van der Waals surface area contributed by atoms with Crippen LogP contribution in [0, 0.1) is 0 Å². The summed E-state index contributed by atoms with van der Waals surface area (Å²) in [6.45, 7) is 0.974. The van der Waals surface area contributed by atoms with Crippen LogP contribution < -0.4 is 0 Å². The second-order valence-corrected chi connectivity index (χ2v) is 16.8. The molecule has 2 aliphatic heterocycles. The maximum atomic E-state index is 12.9. The van der Waals surface area contributed by atoms with Gasteiger partial charge in [0.2, 0.25) is 0 Å². The summed E-state index contributed by atoms with van der Waals surface area (Å²) in [5.74, 6) is 0. The lowest BCUT2D eigenvalue weighted by atomic mass is 9.83. The van der Waals surface area contributed by atoms with Gasteiger partial charge >= 0.3 is 0 Å². The predicted molar refractivity (Wildman–Crippen MR) is 248 cm³/mol. The van der Waals surface area contributed by atoms with Gasteiger partial charge in [-0.3, -0.25) is 0 Å². The summed E-state index contributed by atoms with van der Waals surface area (Å²) < 4.78 is 60.8. The van der Waals surface area contributed by atoms with E-state index in [1.54, 1.807) is 0 Å². The van der Waals surface area contributed by atoms with E-state index < -0.39 is 73.6 Å². The average molecular weight is 906 g/mol. The van der Waals surface area contributed by atoms with E-state index in [0.29, 0.717) is 0 Å². The minimum Gasteiger partial charge on any atom is -0.387 e. The van der Waals surface area contributed by atoms with Crippen molar-refractivity contribution >= 4 is 0 Å². The number of rotatable bonds is 19. The van der Waals surface area contributed by atoms with Crippen LogP contribution in [0.25, 0.3) is 10.4 Å². The highest BCUT2D eigenvalue weighted by molar-refractivity contribution is 5.20. The fourth-order valence-corrected chi connectivity index (χ4v) is 8.87. The van der Waals surface area contributed by atoms with Crippen molar-refractivity contribution < 1.29 is 47.7 Å². The van der Waals surface area contributed by atoms with Gasteiger partial charge in [0.1, 0.15) is 61.0 Å². The van der Waals surface area contributed by atoms with Crippen LogP contribution in [-0.2, 0) is 75.7 Å². The van der Waals surface area contributed by atoms with Crippen LogP contribution in [0.4, 0.5) is 0 Å². The van der Waals surface area contributed by atoms with E-state index in [9.17, 15) is 10.6 Å². The first kappa shape index (κ1) is 46.3. The number of nitrogens with zero attached hydrogens (tertiary/aromatic N) is 3. The summed E-state index contributed by atoms with van der Waals surface area (Å²) in [5.41, 5.74) is 15.6. The molecule has 67 heavy (non-hydrogen) atoms. The van der Waals surface area contributed by atoms with Crippen molar-refractivity contribution in [2.75, 3.05) is 6.61 Å². The highest BCUT2D eigenvalue weighted by Gasteiger charge is 2.57. The zero-order valence-electron chi connectivity index (χ0n) is 37.0. The lowest BCUT2D eigenvalue weighted by Crippen LogP contribution is -2.69. The third-order valence-electron chi connectivity index (χ3n) is 12.2. The second kappa shape index (κ2) is 23.3. The van der Waals surface area contributed by atoms with Crippen LogP contribution in [0.5, 0.6) is 0 Å². The number of hydrogen-bond donors (Lipinski definition) is 1. The number of hydrogen-bond acceptors (Lipinski definition) is 11. The van der Waals surface area contributed by atoms with Gasteiger partial charge in [-0.2, -0.15) is 0 Å². The van der Waals surface area contributed by atoms with E-state index in [1.807, 2.05) is 182 Å². The highest BCUT2D eigenvalue weighted by Crippen LogP contribution is 2.40. The molecule has 2 saturated heterocycles. The highest BCUT2D eigenvalue weighted by atomic mass is 16.8. The van der Waals surface area contributed by atoms with Gasteiger partial charge in [0.15, 0.2) is 12.6 Å². The molecular weight excluding hydrogens is 851 g/mol. The summed E-state index contributed by atoms with van der Waals surface area (Å²) >= 11 is 0. The Balaban J connectivity index is 1.09. The fraction of sp³-hybridized carbons (Fsp3) is 0.333. The van der Waals surface area contributed by atoms with Crippen LogP contribution in [0.15, 0.2) is 187 Å². The molecule has 2 heterocycles. The molecule has 6 aromatic carbocycles. The van der Waals surface area contributed by atoms with Crippen LogP contribution >= 0.6 is 0 Å². The van der Waals surface area contributed by atoms with Gasteiger partial charge in [0.05, 0.1) is 39.6 Å². The number of benzene rings is 6. The molecule has 0 aromatic heterocycles. The van der Waals surface area contributed by atoms with E-state index in [-0.39, 0.29) is 39.6 Å². The van der Waals surface area contributed by atoms with Crippen LogP contribution in [0.1, 0.15) is 39.7 Å². The third-order valence-corrected chi connectivity index (χ3v) is 12.2. The molecular formula is C54H55N3O10. The molecule has 0 amide bonds. The Morgan fingerprint density at radius 1 is 0.478 bits per heavy atom. The number of ether oxygens (including phenoxy) is 9. The molecule has 13 heteroatoms. The molecule has 0 radical (unpaired) electrons. The van der Waals surface area contributed by atoms with E-state index in [1.165, 1.54) is 0 Å². The van der Waals surface area contributed by atoms with Gasteiger partial charge in [-0.05, 0) is 33.3 Å². The lowest BCUT2D eigenvalue weighted by Gasteiger charge is -2.52. The van der Waals surface area contributed by atoms with Gasteiger partial charge in [0, 0.05) is 10.5 Å². The maximum Gasteiger partial charge on any atom is 0.184 e. The summed E-state index contributed by atoms with van der Waals surface area (Å²) in [4.78, 5) is 3.29. The van der Waals surface area contributed by atoms with Crippen LogP contribution in [0.3, 0.4) is 0 Å². The second-order valence-electron chi connectivity index (χ2n) is 16.8. The first-order valence-corrected chi connectivity index (χ1v) is 22.7. The van der Waals surface area contributed by atoms with Crippen molar-refractivity contribution in [3.63, 3.8) is 0 Å². The molecule has 13 nitrogen and oxygen atoms in total. The Hall–Kier alpha value is -5.77. The van der Waals surface area contributed by atoms with Crippen LogP contribution in [0.2, 0.25) is 0 Å². The SMILES string of the molecule is [N-]=[N+]=N[C@H]1[C@H](O[C@H]2[C@@H](O)[C@H](OCc3ccccc3)[C@H](OCc3ccccc3)[C@@H](OCc3ccccc3)[C@@H]2OCc2ccccc2)O[C@@H]2COC(c3ccccc3)O[C@H]2[C@@H]1OCc1ccccc1. The van der Waals surface area contributed by atoms with E-state index in [4.69, 9.17) is 42.6 Å². The van der Waals surface area contributed by atoms with E-state index >= 15 is 0 Å². The Labute approximate surface area is 390 Å². The van der Waals surface area contributed by atoms with Crippen molar-refractivity contribution in [2.24, 2.45) is 5.11 Å². The Morgan fingerprint density at radius 2 is 0.851 bits per heavy atom. The number of aliphatic hydroxyl groups excluding tert-OH is 1. The van der Waals surface area contributed by atoms with Crippen molar-refractivity contribution in [1.82, 2.24) is 0 Å². The van der Waals surface area contributed by atoms with Gasteiger partial charge in [-0.1, -0.05) is 187 Å². The van der Waals surface area contributed by atoms with Crippen molar-refractivity contribution in [2.45, 2.75) is 107 Å². The van der Waals surface area contributed by atoms with Gasteiger partial charge in [-0.25, -0.2) is 0 Å². The van der Waals surface area contributed by atoms with Gasteiger partial charge in [0.25, 0.3) is 0 Å². The molecule has 6 aromatic rings. The molecule has 1 unspecified atom stereocenters. The predicted octanol–water partition coefficient (Wildman–Crippen LogP) is 9.19. The fourth-order valence-electron chi connectivity index (χ4n) is 8.87. The largest absolute Gasteiger partial charge is 0.387 e. The summed E-state index contributed by atoms with van der Waals surface area (Å²) in [6.07, 6.45) is -10.7. The zero-order chi connectivity index (χ0) is 45.6. The molecule has 1 N–H and O–H groups in total. The third kappa shape index (κ3) is 11.9. The van der Waals surface area contributed by atoms with Gasteiger partial charge in [-0.15, -0.1) is 0 Å². The first-order chi connectivity index (χ1) is 33.1. The minimum absolute atomic E-state index is 0.112. The molecule has 12 atom stereocenters. The standard InChI is InChI=1S/C54H55N3O10/c55-57-56-44-47(59-31-37-19-7-1-8-20-37)46-43(36-64-53(66-46)42-29-17-6-18-30-42)65-54(44)67-49-45(58)48(60-32-38-21-9-2-10-22-38)50(61-33-39-23-11-3-12-24-39)52(63-35-41-27-15-5-16-28-41)51(49)62-34-40-25-13-4-14-26-40/h1-30,43-54,58H,31-36H2/t43-,44-,45+,46-,47-,48+,49+,50+,51-,52-,53?,54+/m1/s1. The molecule has 0 bridgehead atoms. The molecule has 346 valence electrons. The molecule has 9 rings (SSSR count). The topological polar surface area (TPSA) is 152 Å². The molecule has 0 spiro atoms. The number of aliphatic hydroxyl groups is 1. The smallest absolute Gasteiger partial charge is 0.184 e. The lowest BCUT2D eigenvalue weighted by molar-refractivity contribution is -0.368. The molecule has 1 aliphatic carbocycles. The summed E-state index contributed by atoms with van der Waals surface area (Å²) in [6, 6.07) is 57.3. The Morgan fingerprint density at radius 3 is 1.28 bits per heavy atom. The average Bonchev–Trinajstić information content (AvgIpc) is 3.39. The number of azide groups is 1. The quantitative estimate of drug-likeness (QED) is 0.0473. The number of fused-ring (bicyclic) bond motifs is 1. The molecule has 1 saturated carbocycles.